The predicted octanol–water partition coefficient (Wildman–Crippen LogP) is 0.544. The monoisotopic (exact) mass is 374 g/mol. The molecule has 2 saturated heterocycles. The summed E-state index contributed by atoms with van der Waals surface area (Å²) in [4.78, 5) is 20.9. The van der Waals surface area contributed by atoms with Gasteiger partial charge in [-0.15, -0.1) is 0 Å². The number of carbonyl (C=O) groups excluding carboxylic acids is 1. The Balaban J connectivity index is 1.60. The fourth-order valence-corrected chi connectivity index (χ4v) is 6.01. The normalized spacial score (nSPS) is 25.2. The van der Waals surface area contributed by atoms with Crippen LogP contribution >= 0.6 is 0 Å². The summed E-state index contributed by atoms with van der Waals surface area (Å²) in [5.74, 6) is 0.00289. The molecule has 0 N–H and O–H groups in total. The maximum absolute atomic E-state index is 13.0. The van der Waals surface area contributed by atoms with Crippen molar-refractivity contribution in [1.29, 1.82) is 0 Å². The summed E-state index contributed by atoms with van der Waals surface area (Å²) < 4.78 is 26.3. The lowest BCUT2D eigenvalue weighted by molar-refractivity contribution is 0.0299. The van der Waals surface area contributed by atoms with Crippen LogP contribution in [0.4, 0.5) is 0 Å². The highest BCUT2D eigenvalue weighted by Gasteiger charge is 2.48. The molecule has 2 fully saturated rings. The van der Waals surface area contributed by atoms with Crippen molar-refractivity contribution in [3.63, 3.8) is 0 Å². The molecule has 0 unspecified atom stereocenters. The zero-order chi connectivity index (χ0) is 18.3. The third kappa shape index (κ3) is 3.14. The summed E-state index contributed by atoms with van der Waals surface area (Å²) in [6.45, 7) is 1.88. The number of sulfone groups is 1. The second kappa shape index (κ2) is 6.51. The molecular weight excluding hydrogens is 352 g/mol. The molecule has 1 aromatic carbocycles. The van der Waals surface area contributed by atoms with Gasteiger partial charge in [-0.1, -0.05) is 30.3 Å². The number of aryl methyl sites for hydroxylation is 1. The average Bonchev–Trinajstić information content (AvgIpc) is 3.17. The molecule has 0 saturated carbocycles. The number of imidazole rings is 1. The molecule has 2 aliphatic rings. The van der Waals surface area contributed by atoms with E-state index in [0.29, 0.717) is 25.3 Å². The van der Waals surface area contributed by atoms with Crippen molar-refractivity contribution in [3.8, 4) is 0 Å². The van der Waals surface area contributed by atoms with Crippen LogP contribution in [0, 0.1) is 0 Å². The van der Waals surface area contributed by atoms with E-state index in [1.54, 1.807) is 22.8 Å². The molecule has 0 bridgehead atoms. The zero-order valence-corrected chi connectivity index (χ0v) is 15.5. The van der Waals surface area contributed by atoms with Crippen molar-refractivity contribution in [2.75, 3.05) is 24.6 Å². The second-order valence-electron chi connectivity index (χ2n) is 7.06. The third-order valence-corrected chi connectivity index (χ3v) is 7.01. The Labute approximate surface area is 153 Å². The van der Waals surface area contributed by atoms with Gasteiger partial charge in [-0.3, -0.25) is 9.69 Å². The Morgan fingerprint density at radius 1 is 1.15 bits per heavy atom. The molecular formula is C18H22N4O3S. The zero-order valence-electron chi connectivity index (χ0n) is 14.7. The molecule has 26 heavy (non-hydrogen) atoms. The number of benzene rings is 1. The number of amides is 1. The molecule has 2 atom stereocenters. The van der Waals surface area contributed by atoms with Crippen LogP contribution in [0.1, 0.15) is 16.1 Å². The van der Waals surface area contributed by atoms with Gasteiger partial charge in [0.05, 0.1) is 30.1 Å². The molecule has 8 heteroatoms. The summed E-state index contributed by atoms with van der Waals surface area (Å²) in [5.41, 5.74) is 1.64. The number of piperazine rings is 1. The Morgan fingerprint density at radius 2 is 1.88 bits per heavy atom. The fraction of sp³-hybridized carbons (Fsp3) is 0.444. The average molecular weight is 374 g/mol. The van der Waals surface area contributed by atoms with Crippen LogP contribution in [0.25, 0.3) is 0 Å². The smallest absolute Gasteiger partial charge is 0.272 e. The topological polar surface area (TPSA) is 75.5 Å². The number of rotatable bonds is 3. The first-order valence-electron chi connectivity index (χ1n) is 8.70. The third-order valence-electron chi connectivity index (χ3n) is 5.32. The Kier molecular flexibility index (Phi) is 4.32. The van der Waals surface area contributed by atoms with Crippen LogP contribution in [0.3, 0.4) is 0 Å². The van der Waals surface area contributed by atoms with Gasteiger partial charge in [-0.25, -0.2) is 13.4 Å². The van der Waals surface area contributed by atoms with E-state index < -0.39 is 9.84 Å². The molecule has 0 spiro atoms. The summed E-state index contributed by atoms with van der Waals surface area (Å²) in [6, 6.07) is 9.57. The maximum atomic E-state index is 13.0. The molecule has 0 aliphatic carbocycles. The molecule has 1 amide bonds. The van der Waals surface area contributed by atoms with E-state index in [9.17, 15) is 13.2 Å². The van der Waals surface area contributed by atoms with Crippen molar-refractivity contribution in [2.24, 2.45) is 7.05 Å². The number of aromatic nitrogens is 2. The molecule has 0 radical (unpaired) electrons. The van der Waals surface area contributed by atoms with Gasteiger partial charge in [0, 0.05) is 32.7 Å². The largest absolute Gasteiger partial charge is 0.330 e. The van der Waals surface area contributed by atoms with Gasteiger partial charge in [-0.2, -0.15) is 0 Å². The minimum Gasteiger partial charge on any atom is -0.330 e. The lowest BCUT2D eigenvalue weighted by Crippen LogP contribution is -2.60. The fourth-order valence-electron chi connectivity index (χ4n) is 4.00. The van der Waals surface area contributed by atoms with E-state index >= 15 is 0 Å². The highest BCUT2D eigenvalue weighted by Crippen LogP contribution is 2.29. The first-order valence-corrected chi connectivity index (χ1v) is 10.5. The van der Waals surface area contributed by atoms with Gasteiger partial charge in [0.2, 0.25) is 0 Å². The lowest BCUT2D eigenvalue weighted by atomic mass is 10.0. The Bertz CT molecular complexity index is 910. The number of fused-ring (bicyclic) bond motifs is 1. The van der Waals surface area contributed by atoms with E-state index in [1.165, 1.54) is 6.20 Å². The van der Waals surface area contributed by atoms with Gasteiger partial charge >= 0.3 is 0 Å². The van der Waals surface area contributed by atoms with E-state index in [-0.39, 0.29) is 29.5 Å². The Morgan fingerprint density at radius 3 is 2.58 bits per heavy atom. The number of carbonyl (C=O) groups is 1. The van der Waals surface area contributed by atoms with E-state index in [1.807, 2.05) is 30.3 Å². The van der Waals surface area contributed by atoms with Crippen LogP contribution in [-0.2, 0) is 23.4 Å². The molecule has 2 aliphatic heterocycles. The second-order valence-corrected chi connectivity index (χ2v) is 9.21. The summed E-state index contributed by atoms with van der Waals surface area (Å²) in [7, 11) is -1.38. The molecule has 138 valence electrons. The highest BCUT2D eigenvalue weighted by molar-refractivity contribution is 7.91. The lowest BCUT2D eigenvalue weighted by Gasteiger charge is -2.43. The molecule has 4 rings (SSSR count). The minimum atomic E-state index is -3.16. The van der Waals surface area contributed by atoms with E-state index in [4.69, 9.17) is 0 Å². The van der Waals surface area contributed by atoms with Crippen molar-refractivity contribution < 1.29 is 13.2 Å². The molecule has 2 aromatic rings. The van der Waals surface area contributed by atoms with Crippen LogP contribution in [0.5, 0.6) is 0 Å². The first kappa shape index (κ1) is 17.2. The van der Waals surface area contributed by atoms with Gasteiger partial charge in [0.15, 0.2) is 9.84 Å². The number of hydrogen-bond donors (Lipinski definition) is 0. The van der Waals surface area contributed by atoms with E-state index in [2.05, 4.69) is 9.88 Å². The van der Waals surface area contributed by atoms with Crippen LogP contribution < -0.4 is 0 Å². The quantitative estimate of drug-likeness (QED) is 0.784. The van der Waals surface area contributed by atoms with E-state index in [0.717, 1.165) is 5.56 Å². The summed E-state index contributed by atoms with van der Waals surface area (Å²) in [5, 5.41) is 0. The van der Waals surface area contributed by atoms with Crippen LogP contribution in [0.2, 0.25) is 0 Å². The number of hydrogen-bond acceptors (Lipinski definition) is 5. The van der Waals surface area contributed by atoms with Crippen LogP contribution in [0.15, 0.2) is 42.9 Å². The standard InChI is InChI=1S/C18H22N4O3S/c1-20-13-19-9-15(20)18(23)22-8-7-21(10-14-5-3-2-4-6-14)16-11-26(24,25)12-17(16)22/h2-6,9,13,16-17H,7-8,10-12H2,1H3/t16-,17+/m1/s1. The highest BCUT2D eigenvalue weighted by atomic mass is 32.2. The van der Waals surface area contributed by atoms with Gasteiger partial charge in [0.25, 0.3) is 5.91 Å². The van der Waals surface area contributed by atoms with Crippen LogP contribution in [-0.4, -0.2) is 70.4 Å². The van der Waals surface area contributed by atoms with Gasteiger partial charge < -0.3 is 9.47 Å². The van der Waals surface area contributed by atoms with Crippen molar-refractivity contribution in [2.45, 2.75) is 18.6 Å². The van der Waals surface area contributed by atoms with Crippen molar-refractivity contribution in [3.05, 3.63) is 54.1 Å². The minimum absolute atomic E-state index is 0.0343. The van der Waals surface area contributed by atoms with Crippen molar-refractivity contribution >= 4 is 15.7 Å². The summed E-state index contributed by atoms with van der Waals surface area (Å²) in [6.07, 6.45) is 3.12. The predicted molar refractivity (Wildman–Crippen MR) is 97.3 cm³/mol. The number of nitrogens with zero attached hydrogens (tertiary/aromatic N) is 4. The SMILES string of the molecule is Cn1cncc1C(=O)N1CCN(Cc2ccccc2)[C@@H]2CS(=O)(=O)C[C@@H]21. The Hall–Kier alpha value is -2.19. The summed E-state index contributed by atoms with van der Waals surface area (Å²) >= 11 is 0. The molecule has 7 nitrogen and oxygen atoms in total. The maximum Gasteiger partial charge on any atom is 0.272 e. The van der Waals surface area contributed by atoms with Gasteiger partial charge in [0.1, 0.15) is 5.69 Å². The first-order chi connectivity index (χ1) is 12.4. The van der Waals surface area contributed by atoms with Crippen molar-refractivity contribution in [1.82, 2.24) is 19.4 Å². The van der Waals surface area contributed by atoms with Gasteiger partial charge in [-0.05, 0) is 5.56 Å². The molecule has 1 aromatic heterocycles. The molecule has 3 heterocycles.